The van der Waals surface area contributed by atoms with Gasteiger partial charge in [0.1, 0.15) is 18.0 Å². The van der Waals surface area contributed by atoms with Gasteiger partial charge in [-0.15, -0.1) is 0 Å². The number of benzene rings is 2. The molecular formula is C25H32N2O4. The number of hydrogen-bond donors (Lipinski definition) is 0. The van der Waals surface area contributed by atoms with Crippen LogP contribution in [-0.2, 0) is 11.3 Å². The number of rotatable bonds is 6. The molecule has 1 fully saturated rings. The van der Waals surface area contributed by atoms with Crippen LogP contribution in [-0.4, -0.2) is 59.6 Å². The second kappa shape index (κ2) is 9.96. The molecule has 1 saturated heterocycles. The molecular weight excluding hydrogens is 392 g/mol. The van der Waals surface area contributed by atoms with Crippen LogP contribution < -0.4 is 4.74 Å². The van der Waals surface area contributed by atoms with E-state index < -0.39 is 5.60 Å². The fraction of sp³-hybridized carbons (Fsp3) is 0.440. The summed E-state index contributed by atoms with van der Waals surface area (Å²) in [6.45, 7) is 10.3. The fourth-order valence-corrected chi connectivity index (χ4v) is 3.55. The molecule has 0 N–H and O–H groups in total. The molecule has 1 aliphatic heterocycles. The SMILES string of the molecule is CC(=O)c1ccc(OC[C@@H]2CN(C(=O)OC(C)(C)C)CCN2Cc2ccccc2)cc1. The van der Waals surface area contributed by atoms with Gasteiger partial charge in [0.05, 0.1) is 6.04 Å². The predicted molar refractivity (Wildman–Crippen MR) is 120 cm³/mol. The molecule has 0 bridgehead atoms. The van der Waals surface area contributed by atoms with Crippen LogP contribution in [0.2, 0.25) is 0 Å². The largest absolute Gasteiger partial charge is 0.492 e. The topological polar surface area (TPSA) is 59.1 Å². The summed E-state index contributed by atoms with van der Waals surface area (Å²) in [5, 5.41) is 0. The van der Waals surface area contributed by atoms with Crippen LogP contribution in [0.1, 0.15) is 43.6 Å². The van der Waals surface area contributed by atoms with Crippen molar-refractivity contribution in [2.24, 2.45) is 0 Å². The highest BCUT2D eigenvalue weighted by Crippen LogP contribution is 2.19. The Labute approximate surface area is 184 Å². The number of Topliss-reactive ketones (excluding diaryl/α,β-unsaturated/α-hetero) is 1. The Kier molecular flexibility index (Phi) is 7.33. The highest BCUT2D eigenvalue weighted by Gasteiger charge is 2.32. The zero-order chi connectivity index (χ0) is 22.4. The van der Waals surface area contributed by atoms with E-state index in [9.17, 15) is 9.59 Å². The van der Waals surface area contributed by atoms with Gasteiger partial charge in [0.25, 0.3) is 0 Å². The minimum atomic E-state index is -0.525. The van der Waals surface area contributed by atoms with Gasteiger partial charge in [0.2, 0.25) is 0 Å². The standard InChI is InChI=1S/C25H32N2O4/c1-19(28)21-10-12-23(13-11-21)30-18-22-17-27(24(29)31-25(2,3)4)15-14-26(22)16-20-8-6-5-7-9-20/h5-13,22H,14-18H2,1-4H3/t22-/m0/s1. The summed E-state index contributed by atoms with van der Waals surface area (Å²) in [5.41, 5.74) is 1.36. The second-order valence-corrected chi connectivity index (χ2v) is 8.93. The van der Waals surface area contributed by atoms with E-state index in [1.54, 1.807) is 24.0 Å². The lowest BCUT2D eigenvalue weighted by Crippen LogP contribution is -2.57. The van der Waals surface area contributed by atoms with E-state index in [2.05, 4.69) is 17.0 Å². The molecule has 0 radical (unpaired) electrons. The normalized spacial score (nSPS) is 17.3. The minimum absolute atomic E-state index is 0.0222. The Balaban J connectivity index is 1.69. The van der Waals surface area contributed by atoms with Gasteiger partial charge in [-0.1, -0.05) is 30.3 Å². The van der Waals surface area contributed by atoms with Crippen LogP contribution in [0.4, 0.5) is 4.79 Å². The van der Waals surface area contributed by atoms with Crippen molar-refractivity contribution in [3.05, 3.63) is 65.7 Å². The van der Waals surface area contributed by atoms with E-state index in [1.165, 1.54) is 5.56 Å². The van der Waals surface area contributed by atoms with Crippen molar-refractivity contribution < 1.29 is 19.1 Å². The summed E-state index contributed by atoms with van der Waals surface area (Å²) in [7, 11) is 0. The van der Waals surface area contributed by atoms with E-state index in [1.807, 2.05) is 51.1 Å². The van der Waals surface area contributed by atoms with Crippen molar-refractivity contribution in [3.8, 4) is 5.75 Å². The lowest BCUT2D eigenvalue weighted by atomic mass is 10.1. The number of amides is 1. The molecule has 1 amide bonds. The Morgan fingerprint density at radius 3 is 2.29 bits per heavy atom. The second-order valence-electron chi connectivity index (χ2n) is 8.93. The van der Waals surface area contributed by atoms with Crippen molar-refractivity contribution in [1.29, 1.82) is 0 Å². The first-order chi connectivity index (χ1) is 14.7. The van der Waals surface area contributed by atoms with Gasteiger partial charge in [0, 0.05) is 31.7 Å². The third kappa shape index (κ3) is 6.82. The third-order valence-electron chi connectivity index (χ3n) is 5.19. The molecule has 1 atom stereocenters. The number of hydrogen-bond acceptors (Lipinski definition) is 5. The number of carbonyl (C=O) groups excluding carboxylic acids is 2. The van der Waals surface area contributed by atoms with Crippen LogP contribution in [0.15, 0.2) is 54.6 Å². The lowest BCUT2D eigenvalue weighted by molar-refractivity contribution is -0.00422. The Morgan fingerprint density at radius 1 is 1.00 bits per heavy atom. The first-order valence-electron chi connectivity index (χ1n) is 10.7. The third-order valence-corrected chi connectivity index (χ3v) is 5.19. The number of nitrogens with zero attached hydrogens (tertiary/aromatic N) is 2. The molecule has 31 heavy (non-hydrogen) atoms. The van der Waals surface area contributed by atoms with E-state index in [4.69, 9.17) is 9.47 Å². The van der Waals surface area contributed by atoms with Gasteiger partial charge in [-0.05, 0) is 57.5 Å². The summed E-state index contributed by atoms with van der Waals surface area (Å²) >= 11 is 0. The summed E-state index contributed by atoms with van der Waals surface area (Å²) in [6.07, 6.45) is -0.289. The predicted octanol–water partition coefficient (Wildman–Crippen LogP) is 4.39. The van der Waals surface area contributed by atoms with Crippen molar-refractivity contribution in [1.82, 2.24) is 9.80 Å². The van der Waals surface area contributed by atoms with Gasteiger partial charge in [-0.25, -0.2) is 4.79 Å². The Hall–Kier alpha value is -2.86. The first kappa shape index (κ1) is 22.8. The molecule has 2 aromatic carbocycles. The fourth-order valence-electron chi connectivity index (χ4n) is 3.55. The van der Waals surface area contributed by atoms with E-state index in [0.717, 1.165) is 13.1 Å². The maximum atomic E-state index is 12.6. The summed E-state index contributed by atoms with van der Waals surface area (Å²) < 4.78 is 11.6. The zero-order valence-corrected chi connectivity index (χ0v) is 18.8. The molecule has 0 unspecified atom stereocenters. The number of ketones is 1. The van der Waals surface area contributed by atoms with E-state index in [-0.39, 0.29) is 17.9 Å². The highest BCUT2D eigenvalue weighted by molar-refractivity contribution is 5.94. The van der Waals surface area contributed by atoms with Gasteiger partial charge in [-0.3, -0.25) is 9.69 Å². The smallest absolute Gasteiger partial charge is 0.410 e. The number of carbonyl (C=O) groups is 2. The van der Waals surface area contributed by atoms with Gasteiger partial charge in [-0.2, -0.15) is 0 Å². The molecule has 1 aliphatic rings. The molecule has 0 aromatic heterocycles. The van der Waals surface area contributed by atoms with Crippen molar-refractivity contribution in [2.75, 3.05) is 26.2 Å². The first-order valence-corrected chi connectivity index (χ1v) is 10.7. The number of piperazine rings is 1. The minimum Gasteiger partial charge on any atom is -0.492 e. The zero-order valence-electron chi connectivity index (χ0n) is 18.8. The van der Waals surface area contributed by atoms with Crippen LogP contribution in [0.25, 0.3) is 0 Å². The molecule has 0 spiro atoms. The van der Waals surface area contributed by atoms with E-state index in [0.29, 0.717) is 31.0 Å². The molecule has 1 heterocycles. The van der Waals surface area contributed by atoms with Gasteiger partial charge < -0.3 is 14.4 Å². The summed E-state index contributed by atoms with van der Waals surface area (Å²) in [4.78, 5) is 28.2. The molecule has 0 saturated carbocycles. The Bertz CT molecular complexity index is 875. The summed E-state index contributed by atoms with van der Waals surface area (Å²) in [6, 6.07) is 17.5. The number of ether oxygens (including phenoxy) is 2. The van der Waals surface area contributed by atoms with E-state index >= 15 is 0 Å². The van der Waals surface area contributed by atoms with Crippen LogP contribution in [0.5, 0.6) is 5.75 Å². The van der Waals surface area contributed by atoms with Crippen molar-refractivity contribution in [2.45, 2.75) is 45.9 Å². The molecule has 3 rings (SSSR count). The molecule has 2 aromatic rings. The average Bonchev–Trinajstić information content (AvgIpc) is 2.73. The molecule has 166 valence electrons. The molecule has 6 nitrogen and oxygen atoms in total. The Morgan fingerprint density at radius 2 is 1.68 bits per heavy atom. The van der Waals surface area contributed by atoms with Gasteiger partial charge in [0.15, 0.2) is 5.78 Å². The van der Waals surface area contributed by atoms with Gasteiger partial charge >= 0.3 is 6.09 Å². The lowest BCUT2D eigenvalue weighted by Gasteiger charge is -2.41. The van der Waals surface area contributed by atoms with Crippen molar-refractivity contribution >= 4 is 11.9 Å². The van der Waals surface area contributed by atoms with Crippen LogP contribution >= 0.6 is 0 Å². The quantitative estimate of drug-likeness (QED) is 0.644. The average molecular weight is 425 g/mol. The van der Waals surface area contributed by atoms with Crippen molar-refractivity contribution in [3.63, 3.8) is 0 Å². The maximum Gasteiger partial charge on any atom is 0.410 e. The highest BCUT2D eigenvalue weighted by atomic mass is 16.6. The molecule has 0 aliphatic carbocycles. The van der Waals surface area contributed by atoms with Crippen LogP contribution in [0.3, 0.4) is 0 Å². The molecule has 6 heteroatoms. The summed E-state index contributed by atoms with van der Waals surface area (Å²) in [5.74, 6) is 0.736. The maximum absolute atomic E-state index is 12.6. The van der Waals surface area contributed by atoms with Crippen LogP contribution in [0, 0.1) is 0 Å². The monoisotopic (exact) mass is 424 g/mol.